The lowest BCUT2D eigenvalue weighted by Crippen LogP contribution is -2.01. The smallest absolute Gasteiger partial charge is 0.164 e. The van der Waals surface area contributed by atoms with Crippen molar-refractivity contribution in [1.29, 1.82) is 0 Å². The lowest BCUT2D eigenvalue weighted by atomic mass is 9.91. The van der Waals surface area contributed by atoms with Crippen LogP contribution in [-0.2, 0) is 0 Å². The Morgan fingerprint density at radius 2 is 1.38 bits per heavy atom. The Balaban J connectivity index is 2.16. The number of carbonyl (C=O) groups excluding carboxylic acids is 1. The molecule has 24 heavy (non-hydrogen) atoms. The second kappa shape index (κ2) is 6.43. The van der Waals surface area contributed by atoms with E-state index in [0.717, 1.165) is 11.1 Å². The molecule has 0 fully saturated rings. The predicted molar refractivity (Wildman–Crippen MR) is 89.9 cm³/mol. The molecule has 5 nitrogen and oxygen atoms in total. The van der Waals surface area contributed by atoms with Crippen LogP contribution < -0.4 is 18.9 Å². The third-order valence-corrected chi connectivity index (χ3v) is 4.39. The van der Waals surface area contributed by atoms with Crippen LogP contribution in [0.1, 0.15) is 33.8 Å². The highest BCUT2D eigenvalue weighted by Gasteiger charge is 2.34. The lowest BCUT2D eigenvalue weighted by molar-refractivity contribution is 0.0991. The molecule has 2 aromatic rings. The van der Waals surface area contributed by atoms with Crippen molar-refractivity contribution < 1.29 is 23.7 Å². The van der Waals surface area contributed by atoms with Crippen LogP contribution >= 0.6 is 0 Å². The first-order chi connectivity index (χ1) is 11.6. The second-order valence-electron chi connectivity index (χ2n) is 5.62. The standard InChI is InChI=1S/C19H20O5/c1-21-12-5-11(6-13(7-12)22-2)15-10-17(20)16-8-14(23-3)9-18(24-4)19(15)16/h5-9,15H,10H2,1-4H3/t15-/m1/s1. The summed E-state index contributed by atoms with van der Waals surface area (Å²) in [5, 5.41) is 0. The van der Waals surface area contributed by atoms with E-state index in [0.29, 0.717) is 35.0 Å². The number of methoxy groups -OCH3 is 4. The van der Waals surface area contributed by atoms with Crippen molar-refractivity contribution in [2.75, 3.05) is 28.4 Å². The molecule has 0 aromatic heterocycles. The molecule has 0 spiro atoms. The summed E-state index contributed by atoms with van der Waals surface area (Å²) in [6.45, 7) is 0. The number of hydrogen-bond acceptors (Lipinski definition) is 5. The van der Waals surface area contributed by atoms with Crippen molar-refractivity contribution in [1.82, 2.24) is 0 Å². The summed E-state index contributed by atoms with van der Waals surface area (Å²) in [6.07, 6.45) is 0.384. The number of ether oxygens (including phenoxy) is 4. The highest BCUT2D eigenvalue weighted by Crippen LogP contribution is 2.46. The van der Waals surface area contributed by atoms with Gasteiger partial charge >= 0.3 is 0 Å². The largest absolute Gasteiger partial charge is 0.497 e. The van der Waals surface area contributed by atoms with Gasteiger partial charge in [-0.15, -0.1) is 0 Å². The third-order valence-electron chi connectivity index (χ3n) is 4.39. The fraction of sp³-hybridized carbons (Fsp3) is 0.316. The average molecular weight is 328 g/mol. The van der Waals surface area contributed by atoms with Gasteiger partial charge in [0, 0.05) is 35.6 Å². The first kappa shape index (κ1) is 16.2. The summed E-state index contributed by atoms with van der Waals surface area (Å²) in [7, 11) is 6.39. The highest BCUT2D eigenvalue weighted by atomic mass is 16.5. The Bertz CT molecular complexity index is 759. The Morgan fingerprint density at radius 1 is 0.792 bits per heavy atom. The number of ketones is 1. The summed E-state index contributed by atoms with van der Waals surface area (Å²) in [5.74, 6) is 2.63. The monoisotopic (exact) mass is 328 g/mol. The Kier molecular flexibility index (Phi) is 4.34. The summed E-state index contributed by atoms with van der Waals surface area (Å²) >= 11 is 0. The fourth-order valence-electron chi connectivity index (χ4n) is 3.19. The number of hydrogen-bond donors (Lipinski definition) is 0. The van der Waals surface area contributed by atoms with E-state index in [9.17, 15) is 4.79 Å². The van der Waals surface area contributed by atoms with Crippen LogP contribution in [0.15, 0.2) is 30.3 Å². The topological polar surface area (TPSA) is 54.0 Å². The van der Waals surface area contributed by atoms with Crippen LogP contribution in [0, 0.1) is 0 Å². The van der Waals surface area contributed by atoms with E-state index in [1.807, 2.05) is 24.3 Å². The first-order valence-electron chi connectivity index (χ1n) is 7.63. The van der Waals surface area contributed by atoms with E-state index < -0.39 is 0 Å². The third kappa shape index (κ3) is 2.66. The van der Waals surface area contributed by atoms with Crippen LogP contribution in [-0.4, -0.2) is 34.2 Å². The molecule has 0 aliphatic heterocycles. The quantitative estimate of drug-likeness (QED) is 0.841. The van der Waals surface area contributed by atoms with E-state index in [1.165, 1.54) is 0 Å². The van der Waals surface area contributed by atoms with Crippen molar-refractivity contribution in [3.8, 4) is 23.0 Å². The maximum absolute atomic E-state index is 12.5. The van der Waals surface area contributed by atoms with Crippen molar-refractivity contribution >= 4 is 5.78 Å². The maximum Gasteiger partial charge on any atom is 0.164 e. The van der Waals surface area contributed by atoms with Crippen molar-refractivity contribution in [3.63, 3.8) is 0 Å². The normalized spacial score (nSPS) is 15.8. The molecule has 0 saturated carbocycles. The highest BCUT2D eigenvalue weighted by molar-refractivity contribution is 6.03. The van der Waals surface area contributed by atoms with Crippen LogP contribution in [0.2, 0.25) is 0 Å². The van der Waals surface area contributed by atoms with E-state index in [4.69, 9.17) is 18.9 Å². The molecule has 0 N–H and O–H groups in total. The van der Waals surface area contributed by atoms with Gasteiger partial charge in [-0.05, 0) is 23.8 Å². The molecule has 3 rings (SSSR count). The molecule has 1 aliphatic rings. The summed E-state index contributed by atoms with van der Waals surface area (Å²) < 4.78 is 21.5. The van der Waals surface area contributed by atoms with Gasteiger partial charge in [-0.3, -0.25) is 4.79 Å². The average Bonchev–Trinajstić information content (AvgIpc) is 2.97. The summed E-state index contributed by atoms with van der Waals surface area (Å²) in [5.41, 5.74) is 2.50. The molecule has 0 saturated heterocycles. The zero-order valence-corrected chi connectivity index (χ0v) is 14.2. The molecule has 0 heterocycles. The van der Waals surface area contributed by atoms with Gasteiger partial charge in [-0.1, -0.05) is 0 Å². The molecule has 2 aromatic carbocycles. The van der Waals surface area contributed by atoms with Gasteiger partial charge in [0.15, 0.2) is 5.78 Å². The molecular formula is C19H20O5. The maximum atomic E-state index is 12.5. The zero-order valence-electron chi connectivity index (χ0n) is 14.2. The van der Waals surface area contributed by atoms with Gasteiger partial charge in [0.05, 0.1) is 28.4 Å². The van der Waals surface area contributed by atoms with Gasteiger partial charge in [0.2, 0.25) is 0 Å². The molecular weight excluding hydrogens is 308 g/mol. The predicted octanol–water partition coefficient (Wildman–Crippen LogP) is 3.44. The van der Waals surface area contributed by atoms with Gasteiger partial charge in [-0.2, -0.15) is 0 Å². The number of fused-ring (bicyclic) bond motifs is 1. The van der Waals surface area contributed by atoms with Gasteiger partial charge in [-0.25, -0.2) is 0 Å². The van der Waals surface area contributed by atoms with Gasteiger partial charge in [0.1, 0.15) is 23.0 Å². The minimum absolute atomic E-state index is 0.0778. The SMILES string of the molecule is COc1cc(OC)cc([C@H]2CC(=O)c3cc(OC)cc(OC)c32)c1. The van der Waals surface area contributed by atoms with Crippen LogP contribution in [0.4, 0.5) is 0 Å². The van der Waals surface area contributed by atoms with Crippen molar-refractivity contribution in [3.05, 3.63) is 47.0 Å². The molecule has 0 bridgehead atoms. The molecule has 0 unspecified atom stereocenters. The minimum Gasteiger partial charge on any atom is -0.497 e. The van der Waals surface area contributed by atoms with Crippen LogP contribution in [0.5, 0.6) is 23.0 Å². The van der Waals surface area contributed by atoms with E-state index in [-0.39, 0.29) is 11.7 Å². The van der Waals surface area contributed by atoms with E-state index in [1.54, 1.807) is 34.5 Å². The zero-order chi connectivity index (χ0) is 17.3. The molecule has 1 aliphatic carbocycles. The first-order valence-corrected chi connectivity index (χ1v) is 7.63. The fourth-order valence-corrected chi connectivity index (χ4v) is 3.19. The molecule has 5 heteroatoms. The number of benzene rings is 2. The Morgan fingerprint density at radius 3 is 1.92 bits per heavy atom. The number of Topliss-reactive ketones (excluding diaryl/α,β-unsaturated/α-hetero) is 1. The second-order valence-corrected chi connectivity index (χ2v) is 5.62. The molecule has 0 radical (unpaired) electrons. The van der Waals surface area contributed by atoms with E-state index in [2.05, 4.69) is 0 Å². The molecule has 1 atom stereocenters. The van der Waals surface area contributed by atoms with Crippen molar-refractivity contribution in [2.24, 2.45) is 0 Å². The van der Waals surface area contributed by atoms with Gasteiger partial charge < -0.3 is 18.9 Å². The van der Waals surface area contributed by atoms with Crippen molar-refractivity contribution in [2.45, 2.75) is 12.3 Å². The van der Waals surface area contributed by atoms with Crippen LogP contribution in [0.3, 0.4) is 0 Å². The Labute approximate surface area is 141 Å². The van der Waals surface area contributed by atoms with Crippen LogP contribution in [0.25, 0.3) is 0 Å². The minimum atomic E-state index is -0.0997. The number of carbonyl (C=O) groups is 1. The van der Waals surface area contributed by atoms with E-state index >= 15 is 0 Å². The van der Waals surface area contributed by atoms with Gasteiger partial charge in [0.25, 0.3) is 0 Å². The Hall–Kier alpha value is -2.69. The summed E-state index contributed by atoms with van der Waals surface area (Å²) in [6, 6.07) is 9.25. The summed E-state index contributed by atoms with van der Waals surface area (Å²) in [4.78, 5) is 12.5. The molecule has 0 amide bonds. The lowest BCUT2D eigenvalue weighted by Gasteiger charge is -2.17. The molecule has 126 valence electrons. The number of rotatable bonds is 5.